The molecule has 2 heterocycles. The van der Waals surface area contributed by atoms with Crippen LogP contribution in [0.4, 0.5) is 0 Å². The largest absolute Gasteiger partial charge is 0.310 e. The van der Waals surface area contributed by atoms with Gasteiger partial charge in [-0.15, -0.1) is 0 Å². The maximum atomic E-state index is 4.08. The first-order chi connectivity index (χ1) is 8.72. The number of hydrogen-bond acceptors (Lipinski definition) is 3. The average molecular weight is 247 g/mol. The van der Waals surface area contributed by atoms with E-state index in [1.807, 2.05) is 12.4 Å². The van der Waals surface area contributed by atoms with E-state index < -0.39 is 0 Å². The Bertz CT molecular complexity index is 344. The molecule has 18 heavy (non-hydrogen) atoms. The van der Waals surface area contributed by atoms with Crippen molar-refractivity contribution in [2.45, 2.75) is 45.2 Å². The van der Waals surface area contributed by atoms with Gasteiger partial charge in [-0.2, -0.15) is 0 Å². The Morgan fingerprint density at radius 1 is 1.33 bits per heavy atom. The monoisotopic (exact) mass is 247 g/mol. The summed E-state index contributed by atoms with van der Waals surface area (Å²) in [4.78, 5) is 6.60. The van der Waals surface area contributed by atoms with E-state index in [4.69, 9.17) is 0 Å². The van der Waals surface area contributed by atoms with E-state index in [1.165, 1.54) is 31.4 Å². The molecule has 0 saturated carbocycles. The third kappa shape index (κ3) is 3.79. The van der Waals surface area contributed by atoms with E-state index in [1.54, 1.807) is 0 Å². The number of pyridine rings is 1. The minimum atomic E-state index is 0.293. The van der Waals surface area contributed by atoms with Gasteiger partial charge >= 0.3 is 0 Å². The van der Waals surface area contributed by atoms with Crippen LogP contribution in [0.5, 0.6) is 0 Å². The fourth-order valence-electron chi connectivity index (χ4n) is 2.77. The Morgan fingerprint density at radius 2 is 2.11 bits per heavy atom. The third-order valence-electron chi connectivity index (χ3n) is 3.88. The Hall–Kier alpha value is -0.930. The Labute approximate surface area is 111 Å². The van der Waals surface area contributed by atoms with Crippen molar-refractivity contribution in [3.05, 3.63) is 30.1 Å². The van der Waals surface area contributed by atoms with Gasteiger partial charge in [-0.25, -0.2) is 0 Å². The van der Waals surface area contributed by atoms with Crippen molar-refractivity contribution in [2.24, 2.45) is 0 Å². The number of nitrogens with one attached hydrogen (secondary N) is 1. The summed E-state index contributed by atoms with van der Waals surface area (Å²) in [7, 11) is 0. The van der Waals surface area contributed by atoms with E-state index in [2.05, 4.69) is 41.2 Å². The van der Waals surface area contributed by atoms with Gasteiger partial charge in [0.05, 0.1) is 0 Å². The molecule has 0 aromatic carbocycles. The van der Waals surface area contributed by atoms with Crippen LogP contribution in [-0.2, 0) is 6.54 Å². The summed E-state index contributed by atoms with van der Waals surface area (Å²) in [6.07, 6.45) is 7.73. The molecule has 0 spiro atoms. The Morgan fingerprint density at radius 3 is 2.72 bits per heavy atom. The highest BCUT2D eigenvalue weighted by Crippen LogP contribution is 2.20. The van der Waals surface area contributed by atoms with Crippen LogP contribution in [0, 0.1) is 0 Å². The van der Waals surface area contributed by atoms with Crippen molar-refractivity contribution in [1.29, 1.82) is 0 Å². The number of aromatic nitrogens is 1. The summed E-state index contributed by atoms with van der Waals surface area (Å²) in [5.74, 6) is 0. The standard InChI is InChI=1S/C15H25N3/c1-3-18(12-14-6-10-16-11-7-14)13-15(2)8-4-5-9-17-15/h6-7,10-11,17H,3-5,8-9,12-13H2,1-2H3. The van der Waals surface area contributed by atoms with E-state index >= 15 is 0 Å². The van der Waals surface area contributed by atoms with Gasteiger partial charge in [0.25, 0.3) is 0 Å². The zero-order chi connectivity index (χ0) is 12.8. The minimum absolute atomic E-state index is 0.293. The molecule has 2 rings (SSSR count). The van der Waals surface area contributed by atoms with Crippen molar-refractivity contribution in [1.82, 2.24) is 15.2 Å². The second-order valence-electron chi connectivity index (χ2n) is 5.60. The zero-order valence-electron chi connectivity index (χ0n) is 11.7. The van der Waals surface area contributed by atoms with E-state index in [0.29, 0.717) is 5.54 Å². The first kappa shape index (κ1) is 13.5. The van der Waals surface area contributed by atoms with Crippen molar-refractivity contribution in [3.63, 3.8) is 0 Å². The van der Waals surface area contributed by atoms with Crippen LogP contribution in [0.25, 0.3) is 0 Å². The average Bonchev–Trinajstić information content (AvgIpc) is 2.40. The lowest BCUT2D eigenvalue weighted by Crippen LogP contribution is -2.53. The van der Waals surface area contributed by atoms with Crippen molar-refractivity contribution in [3.8, 4) is 0 Å². The highest BCUT2D eigenvalue weighted by molar-refractivity contribution is 5.09. The first-order valence-corrected chi connectivity index (χ1v) is 7.08. The molecule has 100 valence electrons. The Kier molecular flexibility index (Phi) is 4.72. The van der Waals surface area contributed by atoms with Gasteiger partial charge in [0, 0.05) is 31.0 Å². The molecule has 3 heteroatoms. The number of rotatable bonds is 5. The molecule has 1 fully saturated rings. The van der Waals surface area contributed by atoms with Crippen LogP contribution in [0.2, 0.25) is 0 Å². The first-order valence-electron chi connectivity index (χ1n) is 7.08. The van der Waals surface area contributed by atoms with Gasteiger partial charge in [0.15, 0.2) is 0 Å². The van der Waals surface area contributed by atoms with E-state index in [9.17, 15) is 0 Å². The number of piperidine rings is 1. The topological polar surface area (TPSA) is 28.2 Å². The molecular formula is C15H25N3. The molecule has 0 aliphatic carbocycles. The third-order valence-corrected chi connectivity index (χ3v) is 3.88. The fraction of sp³-hybridized carbons (Fsp3) is 0.667. The second-order valence-corrected chi connectivity index (χ2v) is 5.60. The quantitative estimate of drug-likeness (QED) is 0.866. The van der Waals surface area contributed by atoms with E-state index in [0.717, 1.165) is 19.6 Å². The molecule has 1 unspecified atom stereocenters. The minimum Gasteiger partial charge on any atom is -0.310 e. The summed E-state index contributed by atoms with van der Waals surface area (Å²) in [5.41, 5.74) is 1.65. The number of nitrogens with zero attached hydrogens (tertiary/aromatic N) is 2. The van der Waals surface area contributed by atoms with E-state index in [-0.39, 0.29) is 0 Å². The smallest absolute Gasteiger partial charge is 0.0280 e. The van der Waals surface area contributed by atoms with Crippen molar-refractivity contribution in [2.75, 3.05) is 19.6 Å². The molecule has 1 atom stereocenters. The molecule has 1 aromatic rings. The molecule has 0 bridgehead atoms. The van der Waals surface area contributed by atoms with Gasteiger partial charge in [0.2, 0.25) is 0 Å². The number of likely N-dealkylation sites (N-methyl/N-ethyl adjacent to an activating group) is 1. The molecule has 1 saturated heterocycles. The summed E-state index contributed by atoms with van der Waals surface area (Å²) in [6.45, 7) is 9.03. The maximum Gasteiger partial charge on any atom is 0.0280 e. The molecule has 0 radical (unpaired) electrons. The predicted molar refractivity (Wildman–Crippen MR) is 75.4 cm³/mol. The molecule has 1 aromatic heterocycles. The summed E-state index contributed by atoms with van der Waals surface area (Å²) in [6, 6.07) is 4.22. The predicted octanol–water partition coefficient (Wildman–Crippen LogP) is 2.44. The maximum absolute atomic E-state index is 4.08. The Balaban J connectivity index is 1.92. The second kappa shape index (κ2) is 6.30. The molecular weight excluding hydrogens is 222 g/mol. The SMILES string of the molecule is CCN(Cc1ccncc1)CC1(C)CCCCN1. The summed E-state index contributed by atoms with van der Waals surface area (Å²) < 4.78 is 0. The van der Waals surface area contributed by atoms with Gasteiger partial charge in [-0.3, -0.25) is 9.88 Å². The zero-order valence-corrected chi connectivity index (χ0v) is 11.7. The molecule has 3 nitrogen and oxygen atoms in total. The molecule has 1 N–H and O–H groups in total. The summed E-state index contributed by atoms with van der Waals surface area (Å²) in [5, 5.41) is 3.69. The van der Waals surface area contributed by atoms with Crippen LogP contribution in [0.3, 0.4) is 0 Å². The lowest BCUT2D eigenvalue weighted by molar-refractivity contribution is 0.163. The van der Waals surface area contributed by atoms with Crippen molar-refractivity contribution < 1.29 is 0 Å². The van der Waals surface area contributed by atoms with Crippen LogP contribution in [-0.4, -0.2) is 35.1 Å². The number of hydrogen-bond donors (Lipinski definition) is 1. The van der Waals surface area contributed by atoms with Crippen LogP contribution >= 0.6 is 0 Å². The van der Waals surface area contributed by atoms with Crippen molar-refractivity contribution >= 4 is 0 Å². The molecule has 1 aliphatic rings. The highest BCUT2D eigenvalue weighted by atomic mass is 15.2. The molecule has 1 aliphatic heterocycles. The van der Waals surface area contributed by atoms with Crippen LogP contribution < -0.4 is 5.32 Å². The van der Waals surface area contributed by atoms with Gasteiger partial charge in [-0.05, 0) is 50.6 Å². The van der Waals surface area contributed by atoms with Crippen LogP contribution in [0.1, 0.15) is 38.7 Å². The van der Waals surface area contributed by atoms with Gasteiger partial charge in [0.1, 0.15) is 0 Å². The van der Waals surface area contributed by atoms with Gasteiger partial charge < -0.3 is 5.32 Å². The normalized spacial score (nSPS) is 24.4. The van der Waals surface area contributed by atoms with Crippen LogP contribution in [0.15, 0.2) is 24.5 Å². The molecule has 0 amide bonds. The summed E-state index contributed by atoms with van der Waals surface area (Å²) >= 11 is 0. The highest BCUT2D eigenvalue weighted by Gasteiger charge is 2.27. The fourth-order valence-corrected chi connectivity index (χ4v) is 2.77. The van der Waals surface area contributed by atoms with Gasteiger partial charge in [-0.1, -0.05) is 13.3 Å². The lowest BCUT2D eigenvalue weighted by Gasteiger charge is -2.39. The lowest BCUT2D eigenvalue weighted by atomic mass is 9.90.